The Morgan fingerprint density at radius 3 is 2.24 bits per heavy atom. The molecule has 0 aromatic carbocycles. The highest BCUT2D eigenvalue weighted by atomic mass is 28.2. The third-order valence-electron chi connectivity index (χ3n) is 3.49. The molecule has 0 aliphatic rings. The molecule has 1 atom stereocenters. The fourth-order valence-electron chi connectivity index (χ4n) is 2.25. The molecule has 0 aromatic heterocycles. The van der Waals surface area contributed by atoms with Gasteiger partial charge in [0.25, 0.3) is 5.91 Å². The maximum absolute atomic E-state index is 12.0. The lowest BCUT2D eigenvalue weighted by atomic mass is 9.84. The second-order valence-electron chi connectivity index (χ2n) is 5.47. The van der Waals surface area contributed by atoms with E-state index < -0.39 is 5.60 Å². The Morgan fingerprint density at radius 2 is 1.88 bits per heavy atom. The minimum atomic E-state index is -0.599. The molecule has 0 saturated heterocycles. The van der Waals surface area contributed by atoms with Gasteiger partial charge in [-0.1, -0.05) is 47.0 Å². The van der Waals surface area contributed by atoms with Crippen LogP contribution in [-0.4, -0.2) is 29.0 Å². The summed E-state index contributed by atoms with van der Waals surface area (Å²) in [7, 11) is 2.29. The van der Waals surface area contributed by atoms with Crippen molar-refractivity contribution in [1.82, 2.24) is 5.32 Å². The number of likely N-dealkylation sites (N-methyl/N-ethyl adjacent to an activating group) is 1. The Kier molecular flexibility index (Phi) is 7.71. The zero-order valence-corrected chi connectivity index (χ0v) is 14.3. The molecule has 0 aromatic rings. The van der Waals surface area contributed by atoms with Gasteiger partial charge in [0.05, 0.1) is 0 Å². The van der Waals surface area contributed by atoms with Gasteiger partial charge in [-0.15, -0.1) is 0 Å². The fraction of sp³-hybridized carbons (Fsp3) is 0.923. The van der Waals surface area contributed by atoms with E-state index in [1.54, 1.807) is 7.05 Å². The average Bonchev–Trinajstić information content (AvgIpc) is 2.28. The molecule has 3 nitrogen and oxygen atoms in total. The number of nitrogens with one attached hydrogen (secondary N) is 1. The van der Waals surface area contributed by atoms with Gasteiger partial charge < -0.3 is 9.74 Å². The molecule has 0 aliphatic carbocycles. The summed E-state index contributed by atoms with van der Waals surface area (Å²) in [5.41, 5.74) is -0.599. The lowest BCUT2D eigenvalue weighted by Gasteiger charge is -2.35. The maximum atomic E-state index is 12.0. The minimum absolute atomic E-state index is 0.0343. The van der Waals surface area contributed by atoms with Gasteiger partial charge in [0.1, 0.15) is 16.1 Å². The molecule has 0 spiro atoms. The first-order valence-electron chi connectivity index (χ1n) is 6.68. The van der Waals surface area contributed by atoms with Crippen LogP contribution in [0.3, 0.4) is 0 Å². The topological polar surface area (TPSA) is 38.3 Å². The van der Waals surface area contributed by atoms with Crippen LogP contribution in [0.25, 0.3) is 0 Å². The Morgan fingerprint density at radius 1 is 1.29 bits per heavy atom. The highest BCUT2D eigenvalue weighted by Gasteiger charge is 2.39. The molecule has 1 N–H and O–H groups in total. The average molecular weight is 259 g/mol. The van der Waals surface area contributed by atoms with E-state index in [4.69, 9.17) is 4.43 Å². The van der Waals surface area contributed by atoms with Gasteiger partial charge in [-0.25, -0.2) is 0 Å². The monoisotopic (exact) mass is 259 g/mol. The van der Waals surface area contributed by atoms with Crippen molar-refractivity contribution in [3.63, 3.8) is 0 Å². The molecule has 1 amide bonds. The van der Waals surface area contributed by atoms with Gasteiger partial charge in [-0.05, 0) is 18.3 Å². The first kappa shape index (κ1) is 16.6. The van der Waals surface area contributed by atoms with E-state index in [1.165, 1.54) is 12.8 Å². The molecule has 4 heteroatoms. The zero-order chi connectivity index (χ0) is 13.5. The van der Waals surface area contributed by atoms with Gasteiger partial charge in [0, 0.05) is 7.05 Å². The van der Waals surface area contributed by atoms with Gasteiger partial charge in [0.15, 0.2) is 0 Å². The van der Waals surface area contributed by atoms with Crippen molar-refractivity contribution in [2.45, 2.75) is 59.0 Å². The molecular formula is C13H29NO2Si. The van der Waals surface area contributed by atoms with Crippen LogP contribution < -0.4 is 5.32 Å². The molecule has 102 valence electrons. The summed E-state index contributed by atoms with van der Waals surface area (Å²) in [6.45, 7) is 8.60. The normalized spacial score (nSPS) is 15.2. The third-order valence-corrected chi connectivity index (χ3v) is 4.22. The van der Waals surface area contributed by atoms with E-state index in [9.17, 15) is 4.79 Å². The van der Waals surface area contributed by atoms with Crippen molar-refractivity contribution >= 4 is 16.4 Å². The smallest absolute Gasteiger partial charge is 0.251 e. The molecule has 0 unspecified atom stereocenters. The van der Waals surface area contributed by atoms with Crippen LogP contribution in [0.4, 0.5) is 0 Å². The maximum Gasteiger partial charge on any atom is 0.251 e. The quantitative estimate of drug-likeness (QED) is 0.531. The second kappa shape index (κ2) is 7.87. The van der Waals surface area contributed by atoms with Crippen LogP contribution in [0.15, 0.2) is 0 Å². The van der Waals surface area contributed by atoms with E-state index in [0.717, 1.165) is 18.8 Å². The molecule has 0 heterocycles. The predicted molar refractivity (Wildman–Crippen MR) is 76.0 cm³/mol. The molecule has 0 saturated carbocycles. The standard InChI is InChI=1S/C13H29NO2Si/c1-10(2)8-6-7-9-13(16-17,11(3)4)12(15)14-5/h10-11H,6-9H2,1-5,17H3,(H,14,15)/t13-/m0/s1. The summed E-state index contributed by atoms with van der Waals surface area (Å²) >= 11 is 0. The van der Waals surface area contributed by atoms with E-state index in [0.29, 0.717) is 10.5 Å². The molecule has 0 bridgehead atoms. The molecular weight excluding hydrogens is 230 g/mol. The number of carbonyl (C=O) groups is 1. The summed E-state index contributed by atoms with van der Waals surface area (Å²) in [4.78, 5) is 12.0. The molecule has 17 heavy (non-hydrogen) atoms. The van der Waals surface area contributed by atoms with Crippen LogP contribution in [0.1, 0.15) is 53.4 Å². The summed E-state index contributed by atoms with van der Waals surface area (Å²) < 4.78 is 5.69. The van der Waals surface area contributed by atoms with Crippen LogP contribution >= 0.6 is 0 Å². The number of unbranched alkanes of at least 4 members (excludes halogenated alkanes) is 1. The van der Waals surface area contributed by atoms with Gasteiger partial charge in [-0.2, -0.15) is 0 Å². The highest BCUT2D eigenvalue weighted by molar-refractivity contribution is 6.01. The number of rotatable bonds is 8. The fourth-order valence-corrected chi connectivity index (χ4v) is 3.11. The van der Waals surface area contributed by atoms with Crippen molar-refractivity contribution in [1.29, 1.82) is 0 Å². The SMILES string of the molecule is CNC(=O)[C@@](CCCCC(C)C)(O[SiH3])C(C)C. The van der Waals surface area contributed by atoms with Crippen LogP contribution in [0, 0.1) is 11.8 Å². The summed E-state index contributed by atoms with van der Waals surface area (Å²) in [6, 6.07) is 0. The first-order chi connectivity index (χ1) is 7.90. The van der Waals surface area contributed by atoms with Gasteiger partial charge in [-0.3, -0.25) is 4.79 Å². The van der Waals surface area contributed by atoms with E-state index in [2.05, 4.69) is 33.0 Å². The lowest BCUT2D eigenvalue weighted by molar-refractivity contribution is -0.141. The zero-order valence-electron chi connectivity index (χ0n) is 12.3. The van der Waals surface area contributed by atoms with Gasteiger partial charge in [0.2, 0.25) is 0 Å². The van der Waals surface area contributed by atoms with Crippen molar-refractivity contribution in [3.05, 3.63) is 0 Å². The molecule has 0 fully saturated rings. The van der Waals surface area contributed by atoms with Crippen LogP contribution in [-0.2, 0) is 9.22 Å². The Balaban J connectivity index is 4.44. The van der Waals surface area contributed by atoms with Crippen molar-refractivity contribution < 1.29 is 9.22 Å². The molecule has 0 rings (SSSR count). The lowest BCUT2D eigenvalue weighted by Crippen LogP contribution is -2.51. The minimum Gasteiger partial charge on any atom is -0.414 e. The predicted octanol–water partition coefficient (Wildman–Crippen LogP) is 1.64. The van der Waals surface area contributed by atoms with Crippen LogP contribution in [0.5, 0.6) is 0 Å². The van der Waals surface area contributed by atoms with Gasteiger partial charge >= 0.3 is 0 Å². The summed E-state index contributed by atoms with van der Waals surface area (Å²) in [6.07, 6.45) is 4.30. The summed E-state index contributed by atoms with van der Waals surface area (Å²) in [5, 5.41) is 2.75. The van der Waals surface area contributed by atoms with E-state index >= 15 is 0 Å². The second-order valence-corrected chi connectivity index (χ2v) is 5.88. The van der Waals surface area contributed by atoms with Crippen LogP contribution in [0.2, 0.25) is 0 Å². The van der Waals surface area contributed by atoms with Crippen molar-refractivity contribution in [3.8, 4) is 0 Å². The highest BCUT2D eigenvalue weighted by Crippen LogP contribution is 2.28. The Bertz CT molecular complexity index is 231. The number of hydrogen-bond acceptors (Lipinski definition) is 2. The molecule has 0 radical (unpaired) electrons. The first-order valence-corrected chi connectivity index (χ1v) is 7.49. The largest absolute Gasteiger partial charge is 0.414 e. The molecule has 0 aliphatic heterocycles. The third kappa shape index (κ3) is 4.80. The number of hydrogen-bond donors (Lipinski definition) is 1. The van der Waals surface area contributed by atoms with E-state index in [1.807, 2.05) is 0 Å². The Labute approximate surface area is 109 Å². The Hall–Kier alpha value is -0.353. The van der Waals surface area contributed by atoms with E-state index in [-0.39, 0.29) is 11.8 Å². The summed E-state index contributed by atoms with van der Waals surface area (Å²) in [5.74, 6) is 0.992. The number of amides is 1. The van der Waals surface area contributed by atoms with Crippen molar-refractivity contribution in [2.75, 3.05) is 7.05 Å². The number of carbonyl (C=O) groups excluding carboxylic acids is 1. The van der Waals surface area contributed by atoms with Crippen molar-refractivity contribution in [2.24, 2.45) is 11.8 Å².